The maximum atomic E-state index is 12.1. The normalized spacial score (nSPS) is 11.0. The number of aromatic nitrogens is 2. The van der Waals surface area contributed by atoms with E-state index in [0.29, 0.717) is 17.2 Å². The van der Waals surface area contributed by atoms with Gasteiger partial charge in [0.2, 0.25) is 0 Å². The van der Waals surface area contributed by atoms with Crippen LogP contribution < -0.4 is 10.6 Å². The number of alkyl halides is 2. The fraction of sp³-hybridized carbons (Fsp3) is 0.625. The highest BCUT2D eigenvalue weighted by Crippen LogP contribution is 2.24. The van der Waals surface area contributed by atoms with Crippen molar-refractivity contribution in [3.05, 3.63) is 5.69 Å². The Morgan fingerprint density at radius 2 is 2.14 bits per heavy atom. The van der Waals surface area contributed by atoms with Crippen LogP contribution in [0.5, 0.6) is 0 Å². The van der Waals surface area contributed by atoms with Crippen molar-refractivity contribution in [2.45, 2.75) is 13.3 Å². The zero-order valence-electron chi connectivity index (χ0n) is 8.46. The second kappa shape index (κ2) is 3.81. The third-order valence-electron chi connectivity index (χ3n) is 2.01. The molecular weight excluding hydrogens is 190 g/mol. The fourth-order valence-electron chi connectivity index (χ4n) is 1.41. The second-order valence-electron chi connectivity index (χ2n) is 3.22. The van der Waals surface area contributed by atoms with E-state index in [4.69, 9.17) is 5.73 Å². The van der Waals surface area contributed by atoms with Gasteiger partial charge in [0.1, 0.15) is 5.82 Å². The van der Waals surface area contributed by atoms with Crippen molar-refractivity contribution in [1.29, 1.82) is 0 Å². The molecule has 0 aromatic carbocycles. The zero-order chi connectivity index (χ0) is 10.9. The van der Waals surface area contributed by atoms with Gasteiger partial charge in [-0.15, -0.1) is 0 Å². The van der Waals surface area contributed by atoms with Crippen LogP contribution >= 0.6 is 0 Å². The van der Waals surface area contributed by atoms with Crippen LogP contribution in [-0.4, -0.2) is 29.8 Å². The molecule has 80 valence electrons. The molecule has 1 heterocycles. The van der Waals surface area contributed by atoms with E-state index in [1.807, 2.05) is 0 Å². The summed E-state index contributed by atoms with van der Waals surface area (Å²) in [5.41, 5.74) is 6.82. The smallest absolute Gasteiger partial charge is 0.255 e. The first kappa shape index (κ1) is 10.7. The molecule has 1 rings (SSSR count). The number of hydrogen-bond acceptors (Lipinski definition) is 3. The molecule has 1 aromatic rings. The number of nitrogens with zero attached hydrogens (tertiary/aromatic N) is 3. The van der Waals surface area contributed by atoms with Crippen LogP contribution in [0.15, 0.2) is 0 Å². The number of anilines is 2. The molecule has 0 aliphatic rings. The van der Waals surface area contributed by atoms with Gasteiger partial charge in [0.05, 0.1) is 17.9 Å². The second-order valence-corrected chi connectivity index (χ2v) is 3.22. The Morgan fingerprint density at radius 3 is 2.50 bits per heavy atom. The number of aryl methyl sites for hydroxylation is 2. The summed E-state index contributed by atoms with van der Waals surface area (Å²) in [4.78, 5) is 1.40. The highest BCUT2D eigenvalue weighted by molar-refractivity contribution is 5.65. The lowest BCUT2D eigenvalue weighted by molar-refractivity contribution is 0.156. The average Bonchev–Trinajstić information content (AvgIpc) is 2.25. The van der Waals surface area contributed by atoms with Gasteiger partial charge in [-0.05, 0) is 6.92 Å². The van der Waals surface area contributed by atoms with Crippen molar-refractivity contribution < 1.29 is 8.78 Å². The van der Waals surface area contributed by atoms with Gasteiger partial charge in [0.25, 0.3) is 6.43 Å². The van der Waals surface area contributed by atoms with Gasteiger partial charge < -0.3 is 10.6 Å². The number of hydrogen-bond donors (Lipinski definition) is 1. The summed E-state index contributed by atoms with van der Waals surface area (Å²) in [6.07, 6.45) is -2.38. The predicted molar refractivity (Wildman–Crippen MR) is 51.6 cm³/mol. The average molecular weight is 204 g/mol. The van der Waals surface area contributed by atoms with Gasteiger partial charge in [0, 0.05) is 14.1 Å². The van der Waals surface area contributed by atoms with Crippen LogP contribution in [0.4, 0.5) is 20.3 Å². The molecule has 2 N–H and O–H groups in total. The SMILES string of the molecule is Cc1nn(C)c(N(C)CC(F)F)c1N. The van der Waals surface area contributed by atoms with E-state index in [1.54, 1.807) is 21.0 Å². The largest absolute Gasteiger partial charge is 0.394 e. The van der Waals surface area contributed by atoms with Crippen LogP contribution in [-0.2, 0) is 7.05 Å². The van der Waals surface area contributed by atoms with Gasteiger partial charge in [-0.1, -0.05) is 0 Å². The maximum Gasteiger partial charge on any atom is 0.255 e. The predicted octanol–water partition coefficient (Wildman–Crippen LogP) is 1.01. The van der Waals surface area contributed by atoms with Crippen LogP contribution in [0.25, 0.3) is 0 Å². The molecule has 0 aliphatic carbocycles. The summed E-state index contributed by atoms with van der Waals surface area (Å²) >= 11 is 0. The fourth-order valence-corrected chi connectivity index (χ4v) is 1.41. The van der Waals surface area contributed by atoms with Crippen LogP contribution in [0.3, 0.4) is 0 Å². The van der Waals surface area contributed by atoms with E-state index >= 15 is 0 Å². The lowest BCUT2D eigenvalue weighted by Gasteiger charge is -2.19. The lowest BCUT2D eigenvalue weighted by Crippen LogP contribution is -2.26. The molecule has 0 unspecified atom stereocenters. The Bertz CT molecular complexity index is 321. The van der Waals surface area contributed by atoms with Crippen molar-refractivity contribution in [3.63, 3.8) is 0 Å². The molecule has 0 radical (unpaired) electrons. The monoisotopic (exact) mass is 204 g/mol. The minimum atomic E-state index is -2.38. The molecule has 0 saturated carbocycles. The molecule has 1 aromatic heterocycles. The van der Waals surface area contributed by atoms with Crippen molar-refractivity contribution in [1.82, 2.24) is 9.78 Å². The Balaban J connectivity index is 2.94. The van der Waals surface area contributed by atoms with Crippen LogP contribution in [0.1, 0.15) is 5.69 Å². The lowest BCUT2D eigenvalue weighted by atomic mass is 10.3. The Kier molecular flexibility index (Phi) is 2.93. The van der Waals surface area contributed by atoms with Gasteiger partial charge in [0.15, 0.2) is 0 Å². The van der Waals surface area contributed by atoms with E-state index in [0.717, 1.165) is 0 Å². The number of nitrogens with two attached hydrogens (primary N) is 1. The van der Waals surface area contributed by atoms with E-state index in [1.165, 1.54) is 9.58 Å². The van der Waals surface area contributed by atoms with Crippen LogP contribution in [0.2, 0.25) is 0 Å². The maximum absolute atomic E-state index is 12.1. The van der Waals surface area contributed by atoms with Gasteiger partial charge in [-0.25, -0.2) is 8.78 Å². The highest BCUT2D eigenvalue weighted by atomic mass is 19.3. The molecular formula is C8H14F2N4. The molecule has 0 aliphatic heterocycles. The van der Waals surface area contributed by atoms with E-state index in [9.17, 15) is 8.78 Å². The molecule has 0 fully saturated rings. The zero-order valence-corrected chi connectivity index (χ0v) is 8.46. The summed E-state index contributed by atoms with van der Waals surface area (Å²) in [7, 11) is 3.25. The van der Waals surface area contributed by atoms with E-state index in [2.05, 4.69) is 5.10 Å². The first-order valence-electron chi connectivity index (χ1n) is 4.21. The third-order valence-corrected chi connectivity index (χ3v) is 2.01. The standard InChI is InChI=1S/C8H14F2N4/c1-5-7(11)8(14(3)12-5)13(2)4-6(9)10/h6H,4,11H2,1-3H3. The molecule has 6 heteroatoms. The minimum Gasteiger partial charge on any atom is -0.394 e. The quantitative estimate of drug-likeness (QED) is 0.799. The molecule has 4 nitrogen and oxygen atoms in total. The number of halogens is 2. The van der Waals surface area contributed by atoms with Crippen molar-refractivity contribution >= 4 is 11.5 Å². The first-order valence-corrected chi connectivity index (χ1v) is 4.21. The topological polar surface area (TPSA) is 47.1 Å². The summed E-state index contributed by atoms with van der Waals surface area (Å²) in [6, 6.07) is 0. The molecule has 0 saturated heterocycles. The minimum absolute atomic E-state index is 0.344. The van der Waals surface area contributed by atoms with E-state index < -0.39 is 6.43 Å². The van der Waals surface area contributed by atoms with Gasteiger partial charge in [-0.2, -0.15) is 5.10 Å². The third kappa shape index (κ3) is 1.94. The molecule has 0 spiro atoms. The van der Waals surface area contributed by atoms with Gasteiger partial charge >= 0.3 is 0 Å². The molecule has 0 amide bonds. The summed E-state index contributed by atoms with van der Waals surface area (Å²) in [5.74, 6) is 0.530. The number of rotatable bonds is 3. The van der Waals surface area contributed by atoms with Crippen molar-refractivity contribution in [3.8, 4) is 0 Å². The molecule has 0 bridgehead atoms. The Labute approximate surface area is 81.3 Å². The summed E-state index contributed by atoms with van der Waals surface area (Å²) in [6.45, 7) is 1.40. The summed E-state index contributed by atoms with van der Waals surface area (Å²) < 4.78 is 25.8. The molecule has 14 heavy (non-hydrogen) atoms. The van der Waals surface area contributed by atoms with E-state index in [-0.39, 0.29) is 6.54 Å². The first-order chi connectivity index (χ1) is 6.43. The van der Waals surface area contributed by atoms with Gasteiger partial charge in [-0.3, -0.25) is 4.68 Å². The number of nitrogen functional groups attached to an aromatic ring is 1. The van der Waals surface area contributed by atoms with Crippen molar-refractivity contribution in [2.75, 3.05) is 24.2 Å². The highest BCUT2D eigenvalue weighted by Gasteiger charge is 2.16. The summed E-state index contributed by atoms with van der Waals surface area (Å²) in [5, 5.41) is 4.04. The van der Waals surface area contributed by atoms with Crippen molar-refractivity contribution in [2.24, 2.45) is 7.05 Å². The molecule has 0 atom stereocenters. The Hall–Kier alpha value is -1.33. The Morgan fingerprint density at radius 1 is 1.57 bits per heavy atom. The van der Waals surface area contributed by atoms with Crippen LogP contribution in [0, 0.1) is 6.92 Å².